The monoisotopic (exact) mass is 381 g/mol. The molecule has 0 saturated heterocycles. The van der Waals surface area contributed by atoms with E-state index in [9.17, 15) is 13.2 Å². The molecule has 0 saturated carbocycles. The van der Waals surface area contributed by atoms with Crippen molar-refractivity contribution in [2.45, 2.75) is 6.54 Å². The van der Waals surface area contributed by atoms with Crippen LogP contribution in [0.3, 0.4) is 0 Å². The van der Waals surface area contributed by atoms with Crippen LogP contribution >= 0.6 is 0 Å². The highest BCUT2D eigenvalue weighted by atomic mass is 19.1. The van der Waals surface area contributed by atoms with E-state index in [4.69, 9.17) is 4.74 Å². The molecular formula is C21H14F3N3O. The molecule has 4 nitrogen and oxygen atoms in total. The smallest absolute Gasteiger partial charge is 0.166 e. The molecule has 2 heterocycles. The maximum absolute atomic E-state index is 14.3. The van der Waals surface area contributed by atoms with Gasteiger partial charge < -0.3 is 10.1 Å². The van der Waals surface area contributed by atoms with Crippen LogP contribution in [0.2, 0.25) is 0 Å². The van der Waals surface area contributed by atoms with Gasteiger partial charge in [-0.1, -0.05) is 6.07 Å². The first-order chi connectivity index (χ1) is 13.6. The van der Waals surface area contributed by atoms with Crippen molar-refractivity contribution in [1.82, 2.24) is 9.97 Å². The van der Waals surface area contributed by atoms with Gasteiger partial charge in [-0.2, -0.15) is 0 Å². The van der Waals surface area contributed by atoms with E-state index in [-0.39, 0.29) is 23.2 Å². The molecule has 0 spiro atoms. The minimum atomic E-state index is -0.608. The molecule has 0 fully saturated rings. The number of hydrogen-bond donors (Lipinski definition) is 1. The Hall–Kier alpha value is -3.61. The summed E-state index contributed by atoms with van der Waals surface area (Å²) in [6.07, 6.45) is 4.46. The van der Waals surface area contributed by atoms with E-state index < -0.39 is 17.5 Å². The van der Waals surface area contributed by atoms with Crippen LogP contribution in [0.15, 0.2) is 67.1 Å². The lowest BCUT2D eigenvalue weighted by atomic mass is 10.1. The van der Waals surface area contributed by atoms with Gasteiger partial charge >= 0.3 is 0 Å². The molecule has 2 aromatic heterocycles. The Labute approximate surface area is 158 Å². The van der Waals surface area contributed by atoms with Crippen molar-refractivity contribution < 1.29 is 17.9 Å². The fourth-order valence-corrected chi connectivity index (χ4v) is 2.81. The van der Waals surface area contributed by atoms with Crippen LogP contribution in [-0.2, 0) is 6.54 Å². The number of hydrogen-bond acceptors (Lipinski definition) is 4. The number of halogens is 3. The molecule has 7 heteroatoms. The summed E-state index contributed by atoms with van der Waals surface area (Å²) in [5, 5.41) is 3.06. The van der Waals surface area contributed by atoms with E-state index in [0.717, 1.165) is 12.1 Å². The molecule has 4 rings (SSSR count). The highest BCUT2D eigenvalue weighted by Crippen LogP contribution is 2.28. The summed E-state index contributed by atoms with van der Waals surface area (Å²) >= 11 is 0. The summed E-state index contributed by atoms with van der Waals surface area (Å²) in [6.45, 7) is 0.207. The van der Waals surface area contributed by atoms with Gasteiger partial charge in [0.05, 0.1) is 11.6 Å². The van der Waals surface area contributed by atoms with E-state index in [1.165, 1.54) is 24.5 Å². The van der Waals surface area contributed by atoms with Crippen LogP contribution in [-0.4, -0.2) is 9.97 Å². The van der Waals surface area contributed by atoms with Crippen LogP contribution in [0.5, 0.6) is 11.5 Å². The molecule has 0 unspecified atom stereocenters. The van der Waals surface area contributed by atoms with Gasteiger partial charge in [-0.05, 0) is 48.0 Å². The van der Waals surface area contributed by atoms with Gasteiger partial charge in [-0.3, -0.25) is 9.97 Å². The molecular weight excluding hydrogens is 367 g/mol. The lowest BCUT2D eigenvalue weighted by Gasteiger charge is -2.12. The van der Waals surface area contributed by atoms with E-state index in [1.807, 2.05) is 0 Å². The number of anilines is 1. The molecule has 0 radical (unpaired) electrons. The lowest BCUT2D eigenvalue weighted by Crippen LogP contribution is -2.02. The van der Waals surface area contributed by atoms with Crippen molar-refractivity contribution in [3.05, 3.63) is 90.1 Å². The molecule has 0 amide bonds. The van der Waals surface area contributed by atoms with Crippen molar-refractivity contribution in [2.24, 2.45) is 0 Å². The molecule has 2 aromatic carbocycles. The van der Waals surface area contributed by atoms with Gasteiger partial charge in [-0.25, -0.2) is 13.2 Å². The number of benzene rings is 2. The van der Waals surface area contributed by atoms with E-state index in [0.29, 0.717) is 17.0 Å². The molecule has 4 aromatic rings. The quantitative estimate of drug-likeness (QED) is 0.499. The van der Waals surface area contributed by atoms with Crippen LogP contribution in [0, 0.1) is 17.5 Å². The third-order valence-electron chi connectivity index (χ3n) is 4.13. The number of nitrogens with one attached hydrogen (secondary N) is 1. The summed E-state index contributed by atoms with van der Waals surface area (Å²) in [5.74, 6) is -1.24. The third-order valence-corrected chi connectivity index (χ3v) is 4.13. The molecule has 0 aliphatic rings. The Kier molecular flexibility index (Phi) is 4.80. The van der Waals surface area contributed by atoms with E-state index in [1.54, 1.807) is 30.5 Å². The molecule has 0 atom stereocenters. The number of rotatable bonds is 5. The minimum Gasteiger partial charge on any atom is -0.453 e. The van der Waals surface area contributed by atoms with Gasteiger partial charge in [0, 0.05) is 24.6 Å². The fourth-order valence-electron chi connectivity index (χ4n) is 2.81. The largest absolute Gasteiger partial charge is 0.453 e. The number of aromatic nitrogens is 2. The maximum Gasteiger partial charge on any atom is 0.166 e. The van der Waals surface area contributed by atoms with Crippen molar-refractivity contribution in [1.29, 1.82) is 0 Å². The first kappa shape index (κ1) is 17.8. The predicted octanol–water partition coefficient (Wildman–Crippen LogP) is 5.45. The summed E-state index contributed by atoms with van der Waals surface area (Å²) in [6, 6.07) is 11.5. The highest BCUT2D eigenvalue weighted by molar-refractivity contribution is 5.91. The van der Waals surface area contributed by atoms with E-state index >= 15 is 0 Å². The van der Waals surface area contributed by atoms with Gasteiger partial charge in [0.2, 0.25) is 0 Å². The standard InChI is InChI=1S/C21H14F3N3O/c22-15-4-5-16(23)21-20(15)18(7-9-26-21)27-11-13-3-6-19(17(24)10-13)28-14-2-1-8-25-12-14/h1-10,12H,11H2,(H,26,27). The lowest BCUT2D eigenvalue weighted by molar-refractivity contribution is 0.440. The Morgan fingerprint density at radius 2 is 1.75 bits per heavy atom. The summed E-state index contributed by atoms with van der Waals surface area (Å²) < 4.78 is 47.8. The van der Waals surface area contributed by atoms with Gasteiger partial charge in [-0.15, -0.1) is 0 Å². The van der Waals surface area contributed by atoms with Gasteiger partial charge in [0.1, 0.15) is 22.9 Å². The highest BCUT2D eigenvalue weighted by Gasteiger charge is 2.12. The predicted molar refractivity (Wildman–Crippen MR) is 99.7 cm³/mol. The van der Waals surface area contributed by atoms with Gasteiger partial charge in [0.25, 0.3) is 0 Å². The van der Waals surface area contributed by atoms with Crippen molar-refractivity contribution >= 4 is 16.6 Å². The Morgan fingerprint density at radius 1 is 0.893 bits per heavy atom. The molecule has 140 valence electrons. The Morgan fingerprint density at radius 3 is 2.54 bits per heavy atom. The zero-order valence-electron chi connectivity index (χ0n) is 14.5. The molecule has 28 heavy (non-hydrogen) atoms. The zero-order chi connectivity index (χ0) is 19.5. The first-order valence-corrected chi connectivity index (χ1v) is 8.45. The number of ether oxygens (including phenoxy) is 1. The fraction of sp³-hybridized carbons (Fsp3) is 0.0476. The van der Waals surface area contributed by atoms with Crippen molar-refractivity contribution in [3.8, 4) is 11.5 Å². The first-order valence-electron chi connectivity index (χ1n) is 8.45. The molecule has 1 N–H and O–H groups in total. The Balaban J connectivity index is 1.54. The SMILES string of the molecule is Fc1cc(CNc2ccnc3c(F)ccc(F)c23)ccc1Oc1cccnc1. The topological polar surface area (TPSA) is 47.0 Å². The number of pyridine rings is 2. The van der Waals surface area contributed by atoms with Crippen LogP contribution in [0.4, 0.5) is 18.9 Å². The van der Waals surface area contributed by atoms with Crippen LogP contribution < -0.4 is 10.1 Å². The molecule has 0 bridgehead atoms. The van der Waals surface area contributed by atoms with Crippen molar-refractivity contribution in [2.75, 3.05) is 5.32 Å². The summed E-state index contributed by atoms with van der Waals surface area (Å²) in [4.78, 5) is 7.80. The summed E-state index contributed by atoms with van der Waals surface area (Å²) in [7, 11) is 0. The van der Waals surface area contributed by atoms with E-state index in [2.05, 4.69) is 15.3 Å². The average Bonchev–Trinajstić information content (AvgIpc) is 2.72. The second kappa shape index (κ2) is 7.56. The number of fused-ring (bicyclic) bond motifs is 1. The second-order valence-electron chi connectivity index (χ2n) is 6.02. The maximum atomic E-state index is 14.3. The number of nitrogens with zero attached hydrogens (tertiary/aromatic N) is 2. The van der Waals surface area contributed by atoms with Gasteiger partial charge in [0.15, 0.2) is 11.6 Å². The molecule has 0 aliphatic heterocycles. The normalized spacial score (nSPS) is 10.8. The minimum absolute atomic E-state index is 0.0551. The second-order valence-corrected chi connectivity index (χ2v) is 6.02. The zero-order valence-corrected chi connectivity index (χ0v) is 14.5. The van der Waals surface area contributed by atoms with Crippen molar-refractivity contribution in [3.63, 3.8) is 0 Å². The van der Waals surface area contributed by atoms with Crippen LogP contribution in [0.1, 0.15) is 5.56 Å². The Bertz CT molecular complexity index is 1140. The third kappa shape index (κ3) is 3.59. The summed E-state index contributed by atoms with van der Waals surface area (Å²) in [5.41, 5.74) is 0.923. The average molecular weight is 381 g/mol. The van der Waals surface area contributed by atoms with Crippen LogP contribution in [0.25, 0.3) is 10.9 Å². The molecule has 0 aliphatic carbocycles.